The van der Waals surface area contributed by atoms with Crippen LogP contribution >= 0.6 is 15.9 Å². The molecule has 1 rings (SSSR count). The zero-order chi connectivity index (χ0) is 15.3. The van der Waals surface area contributed by atoms with Gasteiger partial charge >= 0.3 is 6.18 Å². The van der Waals surface area contributed by atoms with Gasteiger partial charge in [0.25, 0.3) is 0 Å². The van der Waals surface area contributed by atoms with Crippen LogP contribution < -0.4 is 4.74 Å². The highest BCUT2D eigenvalue weighted by Gasteiger charge is 2.26. The Morgan fingerprint density at radius 1 is 1.20 bits per heavy atom. The maximum Gasteiger partial charge on any atom is 0.408 e. The van der Waals surface area contributed by atoms with Gasteiger partial charge in [-0.3, -0.25) is 0 Å². The second kappa shape index (κ2) is 6.64. The van der Waals surface area contributed by atoms with Crippen molar-refractivity contribution in [2.45, 2.75) is 6.18 Å². The number of halogens is 6. The minimum absolute atomic E-state index is 0.430. The molecule has 0 bridgehead atoms. The Balaban J connectivity index is 2.98. The van der Waals surface area contributed by atoms with Crippen LogP contribution in [0.15, 0.2) is 28.2 Å². The van der Waals surface area contributed by atoms with Gasteiger partial charge < -0.3 is 15.5 Å². The van der Waals surface area contributed by atoms with Gasteiger partial charge in [-0.2, -0.15) is 13.2 Å². The molecule has 0 atom stereocenters. The predicted octanol–water partition coefficient (Wildman–Crippen LogP) is 4.07. The molecule has 0 aliphatic heterocycles. The summed E-state index contributed by atoms with van der Waals surface area (Å²) in [6.07, 6.45) is -4.61. The number of nitrogens with one attached hydrogen (secondary N) is 1. The van der Waals surface area contributed by atoms with E-state index in [1.165, 1.54) is 0 Å². The Bertz CT molecular complexity index is 520. The minimum Gasteiger partial charge on any atom is -0.476 e. The molecular formula is C10H6BrF5N3O-. The van der Waals surface area contributed by atoms with Gasteiger partial charge in [-0.15, -0.1) is 0 Å². The Morgan fingerprint density at radius 3 is 2.20 bits per heavy atom. The fraction of sp³-hybridized carbons (Fsp3) is 0.200. The Kier molecular flexibility index (Phi) is 5.43. The summed E-state index contributed by atoms with van der Waals surface area (Å²) in [5.74, 6) is -2.39. The van der Waals surface area contributed by atoms with Gasteiger partial charge in [-0.1, -0.05) is 15.9 Å². The first-order chi connectivity index (χ1) is 9.15. The minimum atomic E-state index is -4.61. The van der Waals surface area contributed by atoms with Crippen LogP contribution in [0.4, 0.5) is 22.0 Å². The van der Waals surface area contributed by atoms with E-state index in [9.17, 15) is 22.0 Å². The number of ether oxygens (including phenoxy) is 1. The molecule has 0 spiro atoms. The van der Waals surface area contributed by atoms with E-state index >= 15 is 0 Å². The fourth-order valence-corrected chi connectivity index (χ4v) is 1.18. The topological polar surface area (TPSA) is 57.8 Å². The molecule has 1 N–H and O–H groups in total. The highest BCUT2D eigenvalue weighted by molar-refractivity contribution is 9.18. The van der Waals surface area contributed by atoms with E-state index in [1.54, 1.807) is 0 Å². The summed E-state index contributed by atoms with van der Waals surface area (Å²) < 4.78 is 66.0. The lowest BCUT2D eigenvalue weighted by Gasteiger charge is -2.12. The summed E-state index contributed by atoms with van der Waals surface area (Å²) in [7, 11) is 0. The third kappa shape index (κ3) is 6.45. The Labute approximate surface area is 118 Å². The van der Waals surface area contributed by atoms with Crippen molar-refractivity contribution in [3.63, 3.8) is 0 Å². The van der Waals surface area contributed by atoms with E-state index in [2.05, 4.69) is 25.9 Å². The summed E-state index contributed by atoms with van der Waals surface area (Å²) in [6, 6.07) is 1.18. The zero-order valence-electron chi connectivity index (χ0n) is 9.51. The lowest BCUT2D eigenvalue weighted by atomic mass is 10.3. The number of hydrogen-bond donors (Lipinski definition) is 0. The number of hydrogen-bond acceptors (Lipinski definition) is 2. The van der Waals surface area contributed by atoms with E-state index in [4.69, 9.17) is 10.5 Å². The monoisotopic (exact) mass is 358 g/mol. The van der Waals surface area contributed by atoms with Gasteiger partial charge in [0.15, 0.2) is 0 Å². The molecule has 10 heteroatoms. The maximum absolute atomic E-state index is 12.9. The zero-order valence-corrected chi connectivity index (χ0v) is 11.1. The standard InChI is InChI=1S/C10H6BrF5N3O/c11-8(17)19-9(18-4-10(14,15)16)20-7-2-5(12)1-6(13)3-7/h1-3H,4H2,(H-,17,18,19)/q-1. The largest absolute Gasteiger partial charge is 0.476 e. The van der Waals surface area contributed by atoms with E-state index in [0.29, 0.717) is 6.07 Å². The molecule has 0 heterocycles. The summed E-state index contributed by atoms with van der Waals surface area (Å²) in [5.41, 5.74) is 6.97. The van der Waals surface area contributed by atoms with E-state index in [1.807, 2.05) is 0 Å². The van der Waals surface area contributed by atoms with Crippen molar-refractivity contribution >= 4 is 26.7 Å². The molecule has 20 heavy (non-hydrogen) atoms. The number of alkyl halides is 3. The van der Waals surface area contributed by atoms with Crippen molar-refractivity contribution in [3.8, 4) is 5.75 Å². The van der Waals surface area contributed by atoms with E-state index in [-0.39, 0.29) is 0 Å². The van der Waals surface area contributed by atoms with Crippen LogP contribution in [0.5, 0.6) is 5.75 Å². The summed E-state index contributed by atoms with van der Waals surface area (Å²) in [5, 5.41) is 0. The molecule has 1 aromatic rings. The highest BCUT2D eigenvalue weighted by atomic mass is 79.9. The smallest absolute Gasteiger partial charge is 0.408 e. The van der Waals surface area contributed by atoms with Crippen LogP contribution in [-0.4, -0.2) is 23.5 Å². The van der Waals surface area contributed by atoms with Crippen LogP contribution in [-0.2, 0) is 0 Å². The summed E-state index contributed by atoms with van der Waals surface area (Å²) in [4.78, 5) is 6.19. The molecule has 0 aliphatic carbocycles. The third-order valence-corrected chi connectivity index (χ3v) is 1.81. The average molecular weight is 359 g/mol. The first-order valence-electron chi connectivity index (χ1n) is 4.86. The first kappa shape index (κ1) is 16.3. The molecule has 1 aromatic carbocycles. The van der Waals surface area contributed by atoms with Crippen molar-refractivity contribution in [2.24, 2.45) is 9.98 Å². The SMILES string of the molecule is [NH-]/C(Br)=N\C(=NCC(F)(F)F)Oc1cc(F)cc(F)c1. The van der Waals surface area contributed by atoms with Gasteiger partial charge in [0.05, 0.1) is 0 Å². The number of nitrogens with zero attached hydrogens (tertiary/aromatic N) is 2. The maximum atomic E-state index is 12.9. The van der Waals surface area contributed by atoms with Crippen molar-refractivity contribution in [2.75, 3.05) is 6.54 Å². The normalized spacial score (nSPS) is 13.5. The summed E-state index contributed by atoms with van der Waals surface area (Å²) >= 11 is 2.56. The van der Waals surface area contributed by atoms with Crippen molar-refractivity contribution in [1.82, 2.24) is 0 Å². The van der Waals surface area contributed by atoms with Crippen LogP contribution in [0.25, 0.3) is 5.73 Å². The van der Waals surface area contributed by atoms with Gasteiger partial charge in [-0.05, 0) is 4.74 Å². The molecule has 0 radical (unpaired) electrons. The quantitative estimate of drug-likeness (QED) is 0.340. The molecule has 0 saturated heterocycles. The molecule has 110 valence electrons. The molecule has 4 nitrogen and oxygen atoms in total. The van der Waals surface area contributed by atoms with Gasteiger partial charge in [-0.25, -0.2) is 13.8 Å². The van der Waals surface area contributed by atoms with Crippen LogP contribution in [0.3, 0.4) is 0 Å². The molecule has 0 unspecified atom stereocenters. The number of benzene rings is 1. The lowest BCUT2D eigenvalue weighted by Crippen LogP contribution is -2.16. The molecular weight excluding hydrogens is 353 g/mol. The second-order valence-corrected chi connectivity index (χ2v) is 4.07. The van der Waals surface area contributed by atoms with Crippen molar-refractivity contribution < 1.29 is 26.7 Å². The van der Waals surface area contributed by atoms with E-state index in [0.717, 1.165) is 12.1 Å². The van der Waals surface area contributed by atoms with Crippen LogP contribution in [0, 0.1) is 11.6 Å². The van der Waals surface area contributed by atoms with E-state index < -0.39 is 40.9 Å². The van der Waals surface area contributed by atoms with Crippen LogP contribution in [0.1, 0.15) is 0 Å². The van der Waals surface area contributed by atoms with Gasteiger partial charge in [0.1, 0.15) is 23.9 Å². The lowest BCUT2D eigenvalue weighted by molar-refractivity contribution is -0.118. The number of amidine groups is 2. The second-order valence-electron chi connectivity index (χ2n) is 3.32. The molecule has 0 aromatic heterocycles. The number of rotatable bonds is 2. The van der Waals surface area contributed by atoms with Crippen molar-refractivity contribution in [1.29, 1.82) is 0 Å². The Hall–Kier alpha value is -1.71. The first-order valence-corrected chi connectivity index (χ1v) is 5.66. The third-order valence-electron chi connectivity index (χ3n) is 1.63. The predicted molar refractivity (Wildman–Crippen MR) is 66.0 cm³/mol. The molecule has 0 aliphatic rings. The molecule has 0 amide bonds. The molecule has 0 fully saturated rings. The van der Waals surface area contributed by atoms with Crippen LogP contribution in [0.2, 0.25) is 0 Å². The van der Waals surface area contributed by atoms with Gasteiger partial charge in [0.2, 0.25) is 6.02 Å². The molecule has 0 saturated carbocycles. The average Bonchev–Trinajstić information content (AvgIpc) is 2.22. The summed E-state index contributed by atoms with van der Waals surface area (Å²) in [6.45, 7) is -1.61. The number of aliphatic imine (C=N–C) groups is 2. The highest BCUT2D eigenvalue weighted by Crippen LogP contribution is 2.18. The van der Waals surface area contributed by atoms with Gasteiger partial charge in [0, 0.05) is 18.2 Å². The Morgan fingerprint density at radius 2 is 1.75 bits per heavy atom. The van der Waals surface area contributed by atoms with Crippen molar-refractivity contribution in [3.05, 3.63) is 35.6 Å². The fourth-order valence-electron chi connectivity index (χ4n) is 1.02.